The number of sulfonamides is 1. The molecule has 8 heteroatoms. The molecule has 158 valence electrons. The van der Waals surface area contributed by atoms with Crippen molar-refractivity contribution >= 4 is 15.9 Å². The highest BCUT2D eigenvalue weighted by Crippen LogP contribution is 2.17. The van der Waals surface area contributed by atoms with Crippen molar-refractivity contribution in [2.24, 2.45) is 0 Å². The Kier molecular flexibility index (Phi) is 7.02. The van der Waals surface area contributed by atoms with E-state index >= 15 is 0 Å². The van der Waals surface area contributed by atoms with E-state index in [1.807, 2.05) is 17.7 Å². The fourth-order valence-electron chi connectivity index (χ4n) is 2.98. The number of benzene rings is 2. The van der Waals surface area contributed by atoms with Crippen LogP contribution in [0.5, 0.6) is 0 Å². The smallest absolute Gasteiger partial charge is 0.251 e. The minimum absolute atomic E-state index is 0.146. The number of imidazole rings is 1. The second-order valence-corrected chi connectivity index (χ2v) is 9.23. The fraction of sp³-hybridized carbons (Fsp3) is 0.273. The number of hydrogen-bond donors (Lipinski definition) is 1. The van der Waals surface area contributed by atoms with Gasteiger partial charge < -0.3 is 9.88 Å². The van der Waals surface area contributed by atoms with Crippen molar-refractivity contribution in [3.8, 4) is 0 Å². The Morgan fingerprint density at radius 2 is 1.80 bits per heavy atom. The summed E-state index contributed by atoms with van der Waals surface area (Å²) >= 11 is 0. The number of amides is 1. The van der Waals surface area contributed by atoms with Crippen LogP contribution in [0.2, 0.25) is 0 Å². The number of aromatic nitrogens is 2. The maximum Gasteiger partial charge on any atom is 0.251 e. The quantitative estimate of drug-likeness (QED) is 0.533. The fourth-order valence-corrected chi connectivity index (χ4v) is 4.14. The van der Waals surface area contributed by atoms with E-state index in [0.717, 1.165) is 24.1 Å². The van der Waals surface area contributed by atoms with E-state index in [9.17, 15) is 13.2 Å². The zero-order chi connectivity index (χ0) is 21.6. The summed E-state index contributed by atoms with van der Waals surface area (Å²) in [6.07, 6.45) is 6.17. The topological polar surface area (TPSA) is 84.3 Å². The molecule has 2 aromatic carbocycles. The second kappa shape index (κ2) is 9.69. The summed E-state index contributed by atoms with van der Waals surface area (Å²) in [4.78, 5) is 16.5. The van der Waals surface area contributed by atoms with Crippen LogP contribution < -0.4 is 5.32 Å². The van der Waals surface area contributed by atoms with E-state index in [4.69, 9.17) is 0 Å². The number of aryl methyl sites for hydroxylation is 2. The normalized spacial score (nSPS) is 11.6. The third kappa shape index (κ3) is 5.55. The third-order valence-corrected chi connectivity index (χ3v) is 6.61. The average molecular weight is 427 g/mol. The first-order valence-electron chi connectivity index (χ1n) is 9.72. The minimum atomic E-state index is -3.57. The van der Waals surface area contributed by atoms with Crippen LogP contribution in [-0.4, -0.2) is 41.8 Å². The lowest BCUT2D eigenvalue weighted by Gasteiger charge is -2.17. The van der Waals surface area contributed by atoms with Crippen LogP contribution in [0.15, 0.2) is 72.1 Å². The SMILES string of the molecule is Cc1ccc(S(=O)(=O)N(C)Cc2ccc(C(=O)NCCCn3ccnc3)cc2)cc1. The van der Waals surface area contributed by atoms with Crippen LogP contribution in [0, 0.1) is 6.92 Å². The molecule has 1 heterocycles. The molecule has 7 nitrogen and oxygen atoms in total. The predicted molar refractivity (Wildman–Crippen MR) is 115 cm³/mol. The standard InChI is InChI=1S/C22H26N4O3S/c1-18-4-10-21(11-5-18)30(28,29)25(2)16-19-6-8-20(9-7-19)22(27)24-12-3-14-26-15-13-23-17-26/h4-11,13,15,17H,3,12,14,16H2,1-2H3,(H,24,27). The van der Waals surface area contributed by atoms with E-state index < -0.39 is 10.0 Å². The van der Waals surface area contributed by atoms with Gasteiger partial charge in [0.1, 0.15) is 0 Å². The number of hydrogen-bond acceptors (Lipinski definition) is 4. The Bertz CT molecular complexity index is 1060. The van der Waals surface area contributed by atoms with E-state index in [-0.39, 0.29) is 17.3 Å². The van der Waals surface area contributed by atoms with Gasteiger partial charge in [-0.05, 0) is 43.2 Å². The summed E-state index contributed by atoms with van der Waals surface area (Å²) in [6.45, 7) is 3.50. The molecule has 0 saturated carbocycles. The number of nitrogens with zero attached hydrogens (tertiary/aromatic N) is 3. The van der Waals surface area contributed by atoms with Gasteiger partial charge in [-0.25, -0.2) is 13.4 Å². The molecule has 3 rings (SSSR count). The molecule has 30 heavy (non-hydrogen) atoms. The highest BCUT2D eigenvalue weighted by Gasteiger charge is 2.20. The van der Waals surface area contributed by atoms with Gasteiger partial charge in [-0.15, -0.1) is 0 Å². The third-order valence-electron chi connectivity index (χ3n) is 4.79. The van der Waals surface area contributed by atoms with Crippen LogP contribution >= 0.6 is 0 Å². The van der Waals surface area contributed by atoms with Crippen LogP contribution in [0.4, 0.5) is 0 Å². The zero-order valence-corrected chi connectivity index (χ0v) is 18.0. The molecule has 1 aromatic heterocycles. The average Bonchev–Trinajstić information content (AvgIpc) is 3.25. The van der Waals surface area contributed by atoms with Crippen molar-refractivity contribution in [3.05, 3.63) is 83.9 Å². The summed E-state index contributed by atoms with van der Waals surface area (Å²) in [5.74, 6) is -0.146. The Balaban J connectivity index is 1.53. The molecule has 0 radical (unpaired) electrons. The van der Waals surface area contributed by atoms with Gasteiger partial charge in [0.15, 0.2) is 0 Å². The Morgan fingerprint density at radius 1 is 1.10 bits per heavy atom. The Hall–Kier alpha value is -2.97. The van der Waals surface area contributed by atoms with Crippen LogP contribution in [-0.2, 0) is 23.1 Å². The summed E-state index contributed by atoms with van der Waals surface area (Å²) < 4.78 is 28.7. The lowest BCUT2D eigenvalue weighted by molar-refractivity contribution is 0.0952. The lowest BCUT2D eigenvalue weighted by atomic mass is 10.1. The summed E-state index contributed by atoms with van der Waals surface area (Å²) in [5, 5.41) is 2.89. The number of nitrogens with one attached hydrogen (secondary N) is 1. The van der Waals surface area contributed by atoms with Crippen LogP contribution in [0.3, 0.4) is 0 Å². The van der Waals surface area contributed by atoms with Crippen LogP contribution in [0.25, 0.3) is 0 Å². The van der Waals surface area contributed by atoms with Crippen molar-refractivity contribution in [2.45, 2.75) is 31.3 Å². The van der Waals surface area contributed by atoms with Crippen molar-refractivity contribution < 1.29 is 13.2 Å². The van der Waals surface area contributed by atoms with Gasteiger partial charge >= 0.3 is 0 Å². The number of rotatable bonds is 9. The van der Waals surface area contributed by atoms with Gasteiger partial charge in [0.25, 0.3) is 5.91 Å². The van der Waals surface area contributed by atoms with Crippen molar-refractivity contribution in [3.63, 3.8) is 0 Å². The van der Waals surface area contributed by atoms with E-state index in [0.29, 0.717) is 12.1 Å². The summed E-state index contributed by atoms with van der Waals surface area (Å²) in [5.41, 5.74) is 2.36. The molecule has 0 fully saturated rings. The van der Waals surface area contributed by atoms with Crippen LogP contribution in [0.1, 0.15) is 27.9 Å². The van der Waals surface area contributed by atoms with E-state index in [1.165, 1.54) is 4.31 Å². The molecule has 1 N–H and O–H groups in total. The minimum Gasteiger partial charge on any atom is -0.352 e. The van der Waals surface area contributed by atoms with E-state index in [2.05, 4.69) is 10.3 Å². The molecular formula is C22H26N4O3S. The Morgan fingerprint density at radius 3 is 2.43 bits per heavy atom. The lowest BCUT2D eigenvalue weighted by Crippen LogP contribution is -2.27. The molecule has 0 bridgehead atoms. The summed E-state index contributed by atoms with van der Waals surface area (Å²) in [7, 11) is -2.01. The van der Waals surface area contributed by atoms with Gasteiger partial charge in [0.2, 0.25) is 10.0 Å². The van der Waals surface area contributed by atoms with Gasteiger partial charge in [-0.2, -0.15) is 4.31 Å². The zero-order valence-electron chi connectivity index (χ0n) is 17.2. The second-order valence-electron chi connectivity index (χ2n) is 7.18. The predicted octanol–water partition coefficient (Wildman–Crippen LogP) is 2.83. The molecule has 0 unspecified atom stereocenters. The van der Waals surface area contributed by atoms with Gasteiger partial charge in [-0.1, -0.05) is 29.8 Å². The van der Waals surface area contributed by atoms with Crippen molar-refractivity contribution in [1.82, 2.24) is 19.2 Å². The highest BCUT2D eigenvalue weighted by molar-refractivity contribution is 7.89. The molecule has 0 aliphatic carbocycles. The van der Waals surface area contributed by atoms with Gasteiger partial charge in [0.05, 0.1) is 11.2 Å². The summed E-state index contributed by atoms with van der Waals surface area (Å²) in [6, 6.07) is 13.8. The first-order valence-corrected chi connectivity index (χ1v) is 11.2. The van der Waals surface area contributed by atoms with Gasteiger partial charge in [-0.3, -0.25) is 4.79 Å². The monoisotopic (exact) mass is 426 g/mol. The van der Waals surface area contributed by atoms with Crippen molar-refractivity contribution in [2.75, 3.05) is 13.6 Å². The molecule has 0 aliphatic rings. The Labute approximate surface area is 177 Å². The molecule has 3 aromatic rings. The maximum absolute atomic E-state index is 12.7. The molecule has 1 amide bonds. The highest BCUT2D eigenvalue weighted by atomic mass is 32.2. The first kappa shape index (κ1) is 21.7. The molecule has 0 saturated heterocycles. The number of carbonyl (C=O) groups excluding carboxylic acids is 1. The molecule has 0 aliphatic heterocycles. The molecule has 0 spiro atoms. The molecular weight excluding hydrogens is 400 g/mol. The van der Waals surface area contributed by atoms with Crippen molar-refractivity contribution in [1.29, 1.82) is 0 Å². The largest absolute Gasteiger partial charge is 0.352 e. The first-order chi connectivity index (χ1) is 14.4. The molecule has 0 atom stereocenters. The number of carbonyl (C=O) groups is 1. The van der Waals surface area contributed by atoms with Gasteiger partial charge in [0, 0.05) is 44.6 Å². The maximum atomic E-state index is 12.7. The van der Waals surface area contributed by atoms with E-state index in [1.54, 1.807) is 68.1 Å².